The second-order valence-electron chi connectivity index (χ2n) is 8.51. The van der Waals surface area contributed by atoms with Gasteiger partial charge in [-0.05, 0) is 30.9 Å². The summed E-state index contributed by atoms with van der Waals surface area (Å²) in [6.07, 6.45) is 6.66. The molecule has 158 valence electrons. The third-order valence-electron chi connectivity index (χ3n) is 6.66. The van der Waals surface area contributed by atoms with Crippen LogP contribution in [0, 0.1) is 0 Å². The second kappa shape index (κ2) is 8.06. The minimum Gasteiger partial charge on any atom is -0.503 e. The summed E-state index contributed by atoms with van der Waals surface area (Å²) in [5.41, 5.74) is 3.15. The fraction of sp³-hybridized carbons (Fsp3) is 0.308. The molecule has 0 bridgehead atoms. The number of para-hydroxylation sites is 1. The van der Waals surface area contributed by atoms with E-state index in [2.05, 4.69) is 4.98 Å². The molecule has 1 aliphatic heterocycles. The molecule has 1 aromatic heterocycles. The van der Waals surface area contributed by atoms with Crippen molar-refractivity contribution in [1.29, 1.82) is 0 Å². The van der Waals surface area contributed by atoms with Crippen molar-refractivity contribution in [3.8, 4) is 0 Å². The average Bonchev–Trinajstić information content (AvgIpc) is 3.52. The van der Waals surface area contributed by atoms with Gasteiger partial charge in [0.2, 0.25) is 0 Å². The van der Waals surface area contributed by atoms with Gasteiger partial charge in [0.25, 0.3) is 5.91 Å². The predicted octanol–water partition coefficient (Wildman–Crippen LogP) is 5.01. The number of H-pyrrole nitrogens is 1. The molecule has 5 nitrogen and oxygen atoms in total. The van der Waals surface area contributed by atoms with Crippen LogP contribution in [-0.2, 0) is 16.0 Å². The van der Waals surface area contributed by atoms with Crippen molar-refractivity contribution >= 4 is 22.6 Å². The number of rotatable bonds is 6. The minimum atomic E-state index is -0.546. The van der Waals surface area contributed by atoms with Crippen LogP contribution in [0.3, 0.4) is 0 Å². The van der Waals surface area contributed by atoms with Gasteiger partial charge in [0.05, 0.1) is 11.6 Å². The van der Waals surface area contributed by atoms with Crippen LogP contribution in [0.15, 0.2) is 72.1 Å². The highest BCUT2D eigenvalue weighted by Crippen LogP contribution is 2.44. The van der Waals surface area contributed by atoms with E-state index in [0.29, 0.717) is 6.42 Å². The van der Waals surface area contributed by atoms with Crippen molar-refractivity contribution in [2.75, 3.05) is 0 Å². The highest BCUT2D eigenvalue weighted by Gasteiger charge is 2.47. The average molecular weight is 415 g/mol. The third-order valence-corrected chi connectivity index (χ3v) is 6.66. The zero-order valence-corrected chi connectivity index (χ0v) is 17.4. The van der Waals surface area contributed by atoms with Gasteiger partial charge in [0.15, 0.2) is 11.5 Å². The molecule has 1 amide bonds. The van der Waals surface area contributed by atoms with Crippen LogP contribution in [0.2, 0.25) is 0 Å². The third kappa shape index (κ3) is 3.44. The normalized spacial score (nSPS) is 19.7. The smallest absolute Gasteiger partial charge is 0.290 e. The van der Waals surface area contributed by atoms with Gasteiger partial charge < -0.3 is 15.0 Å². The first-order valence-electron chi connectivity index (χ1n) is 11.0. The summed E-state index contributed by atoms with van der Waals surface area (Å²) in [5.74, 6) is -0.948. The maximum absolute atomic E-state index is 13.4. The maximum atomic E-state index is 13.4. The molecule has 2 aliphatic rings. The number of nitrogens with one attached hydrogen (secondary N) is 1. The highest BCUT2D eigenvalue weighted by molar-refractivity contribution is 6.09. The first-order valence-corrected chi connectivity index (χ1v) is 11.0. The van der Waals surface area contributed by atoms with E-state index in [4.69, 9.17) is 0 Å². The van der Waals surface area contributed by atoms with Crippen molar-refractivity contribution in [2.24, 2.45) is 0 Å². The number of ketones is 1. The molecule has 1 aliphatic carbocycles. The molecule has 2 N–H and O–H groups in total. The van der Waals surface area contributed by atoms with E-state index < -0.39 is 11.9 Å². The quantitative estimate of drug-likeness (QED) is 0.596. The van der Waals surface area contributed by atoms with E-state index in [0.717, 1.165) is 47.7 Å². The summed E-state index contributed by atoms with van der Waals surface area (Å²) in [4.78, 5) is 31.6. The Labute approximate surface area is 181 Å². The largest absolute Gasteiger partial charge is 0.503 e. The molecular formula is C26H26N2O3. The van der Waals surface area contributed by atoms with Crippen LogP contribution in [0.25, 0.3) is 10.9 Å². The lowest BCUT2D eigenvalue weighted by Gasteiger charge is -2.31. The lowest BCUT2D eigenvalue weighted by atomic mass is 9.92. The number of aryl methyl sites for hydroxylation is 1. The van der Waals surface area contributed by atoms with Crippen LogP contribution in [0.4, 0.5) is 0 Å². The SMILES string of the molecule is O=C(CCc1ccccc1)C1=C(O)C(=O)N(C2CCCC2)C1c1c[nH]c2ccccc12. The highest BCUT2D eigenvalue weighted by atomic mass is 16.3. The van der Waals surface area contributed by atoms with Crippen molar-refractivity contribution in [3.63, 3.8) is 0 Å². The second-order valence-corrected chi connectivity index (χ2v) is 8.51. The topological polar surface area (TPSA) is 73.4 Å². The zero-order chi connectivity index (χ0) is 21.4. The van der Waals surface area contributed by atoms with Crippen molar-refractivity contribution < 1.29 is 14.7 Å². The van der Waals surface area contributed by atoms with E-state index in [-0.39, 0.29) is 29.6 Å². The summed E-state index contributed by atoms with van der Waals surface area (Å²) in [6.45, 7) is 0. The van der Waals surface area contributed by atoms with Crippen molar-refractivity contribution in [3.05, 3.63) is 83.3 Å². The molecule has 3 aromatic rings. The Morgan fingerprint density at radius 1 is 1.03 bits per heavy atom. The van der Waals surface area contributed by atoms with E-state index >= 15 is 0 Å². The number of nitrogens with zero attached hydrogens (tertiary/aromatic N) is 1. The monoisotopic (exact) mass is 414 g/mol. The molecule has 5 heteroatoms. The molecule has 31 heavy (non-hydrogen) atoms. The molecule has 1 saturated carbocycles. The number of hydrogen-bond acceptors (Lipinski definition) is 3. The number of hydrogen-bond donors (Lipinski definition) is 2. The fourth-order valence-corrected chi connectivity index (χ4v) is 5.13. The van der Waals surface area contributed by atoms with Crippen LogP contribution >= 0.6 is 0 Å². The molecule has 2 aromatic carbocycles. The first-order chi connectivity index (χ1) is 15.1. The number of aliphatic hydroxyl groups is 1. The zero-order valence-electron chi connectivity index (χ0n) is 17.4. The molecule has 1 fully saturated rings. The van der Waals surface area contributed by atoms with Crippen molar-refractivity contribution in [1.82, 2.24) is 9.88 Å². The molecule has 1 atom stereocenters. The van der Waals surface area contributed by atoms with E-state index in [9.17, 15) is 14.7 Å². The minimum absolute atomic E-state index is 0.0488. The Balaban J connectivity index is 1.54. The molecule has 0 radical (unpaired) electrons. The summed E-state index contributed by atoms with van der Waals surface area (Å²) in [6, 6.07) is 17.2. The van der Waals surface area contributed by atoms with Gasteiger partial charge in [-0.3, -0.25) is 9.59 Å². The summed E-state index contributed by atoms with van der Waals surface area (Å²) >= 11 is 0. The van der Waals surface area contributed by atoms with Gasteiger partial charge in [0, 0.05) is 35.1 Å². The number of carbonyl (C=O) groups excluding carboxylic acids is 2. The van der Waals surface area contributed by atoms with E-state index in [1.165, 1.54) is 0 Å². The number of aromatic nitrogens is 1. The van der Waals surface area contributed by atoms with Crippen LogP contribution in [0.1, 0.15) is 49.3 Å². The summed E-state index contributed by atoms with van der Waals surface area (Å²) in [5, 5.41) is 11.8. The van der Waals surface area contributed by atoms with Crippen LogP contribution in [-0.4, -0.2) is 32.7 Å². The number of aromatic amines is 1. The Morgan fingerprint density at radius 2 is 1.74 bits per heavy atom. The van der Waals surface area contributed by atoms with E-state index in [1.54, 1.807) is 4.90 Å². The van der Waals surface area contributed by atoms with E-state index in [1.807, 2.05) is 60.8 Å². The summed E-state index contributed by atoms with van der Waals surface area (Å²) < 4.78 is 0. The van der Waals surface area contributed by atoms with Gasteiger partial charge in [-0.2, -0.15) is 0 Å². The molecule has 1 unspecified atom stereocenters. The lowest BCUT2D eigenvalue weighted by Crippen LogP contribution is -2.38. The molecule has 0 spiro atoms. The Bertz CT molecular complexity index is 1160. The Kier molecular flexibility index (Phi) is 5.10. The van der Waals surface area contributed by atoms with Crippen LogP contribution in [0.5, 0.6) is 0 Å². The molecule has 2 heterocycles. The van der Waals surface area contributed by atoms with Crippen molar-refractivity contribution in [2.45, 2.75) is 50.6 Å². The Morgan fingerprint density at radius 3 is 2.52 bits per heavy atom. The standard InChI is InChI=1S/C26H26N2O3/c29-22(15-14-17-8-2-1-3-9-17)23-24(20-16-27-21-13-7-6-12-19(20)21)28(26(31)25(23)30)18-10-4-5-11-18/h1-3,6-9,12-13,16,18,24,27,30H,4-5,10-11,14-15H2. The number of aliphatic hydroxyl groups excluding tert-OH is 1. The number of amides is 1. The summed E-state index contributed by atoms with van der Waals surface area (Å²) in [7, 11) is 0. The number of carbonyl (C=O) groups is 2. The molecule has 5 rings (SSSR count). The van der Waals surface area contributed by atoms with Gasteiger partial charge >= 0.3 is 0 Å². The number of Topliss-reactive ketones (excluding diaryl/α,β-unsaturated/α-hetero) is 1. The van der Waals surface area contributed by atoms with Gasteiger partial charge in [-0.25, -0.2) is 0 Å². The Hall–Kier alpha value is -3.34. The number of benzene rings is 2. The van der Waals surface area contributed by atoms with Crippen LogP contribution < -0.4 is 0 Å². The maximum Gasteiger partial charge on any atom is 0.290 e. The number of fused-ring (bicyclic) bond motifs is 1. The van der Waals surface area contributed by atoms with Gasteiger partial charge in [0.1, 0.15) is 0 Å². The van der Waals surface area contributed by atoms with Gasteiger partial charge in [-0.1, -0.05) is 61.4 Å². The lowest BCUT2D eigenvalue weighted by molar-refractivity contribution is -0.131. The predicted molar refractivity (Wildman–Crippen MR) is 120 cm³/mol. The van der Waals surface area contributed by atoms with Gasteiger partial charge in [-0.15, -0.1) is 0 Å². The molecular weight excluding hydrogens is 388 g/mol. The first kappa shape index (κ1) is 19.6. The molecule has 0 saturated heterocycles. The fourth-order valence-electron chi connectivity index (χ4n) is 5.13.